The van der Waals surface area contributed by atoms with Gasteiger partial charge in [0.25, 0.3) is 10.0 Å². The Labute approximate surface area is 115 Å². The van der Waals surface area contributed by atoms with Gasteiger partial charge in [0.2, 0.25) is 0 Å². The number of aliphatic imine (C=N–C) groups is 1. The molecule has 2 unspecified atom stereocenters. The molecule has 0 bridgehead atoms. The molecule has 1 aromatic rings. The molecule has 104 valence electrons. The summed E-state index contributed by atoms with van der Waals surface area (Å²) in [6.45, 7) is 2.34. The lowest BCUT2D eigenvalue weighted by molar-refractivity contribution is 0.595. The molecule has 0 spiro atoms. The van der Waals surface area contributed by atoms with E-state index in [-0.39, 0.29) is 10.1 Å². The highest BCUT2D eigenvalue weighted by atomic mass is 32.2. The van der Waals surface area contributed by atoms with Crippen molar-refractivity contribution in [1.82, 2.24) is 4.72 Å². The molecule has 0 saturated heterocycles. The predicted molar refractivity (Wildman–Crippen MR) is 76.3 cm³/mol. The second-order valence-corrected chi connectivity index (χ2v) is 7.88. The SMILES string of the molecule is CC(CCN=C1NS(=O)(=O)c2ccccc21)S(C)=O. The number of nitrogens with one attached hydrogen (secondary N) is 1. The summed E-state index contributed by atoms with van der Waals surface area (Å²) in [7, 11) is -4.34. The molecule has 0 radical (unpaired) electrons. The van der Waals surface area contributed by atoms with Gasteiger partial charge in [-0.2, -0.15) is 0 Å². The third kappa shape index (κ3) is 3.03. The molecule has 5 nitrogen and oxygen atoms in total. The fraction of sp³-hybridized carbons (Fsp3) is 0.417. The van der Waals surface area contributed by atoms with Crippen LogP contribution in [0.25, 0.3) is 0 Å². The molecule has 0 fully saturated rings. The van der Waals surface area contributed by atoms with Crippen molar-refractivity contribution in [2.45, 2.75) is 23.5 Å². The second kappa shape index (κ2) is 5.42. The summed E-state index contributed by atoms with van der Waals surface area (Å²) in [5.74, 6) is 0.379. The lowest BCUT2D eigenvalue weighted by atomic mass is 10.2. The highest BCUT2D eigenvalue weighted by Crippen LogP contribution is 2.22. The maximum atomic E-state index is 11.8. The molecule has 0 saturated carbocycles. The molecule has 1 aliphatic heterocycles. The third-order valence-corrected chi connectivity index (χ3v) is 5.80. The van der Waals surface area contributed by atoms with Crippen LogP contribution in [0.5, 0.6) is 0 Å². The van der Waals surface area contributed by atoms with Crippen LogP contribution in [0.15, 0.2) is 34.2 Å². The Kier molecular flexibility index (Phi) is 4.05. The van der Waals surface area contributed by atoms with Crippen molar-refractivity contribution in [3.05, 3.63) is 29.8 Å². The summed E-state index contributed by atoms with van der Waals surface area (Å²) in [4.78, 5) is 4.54. The minimum atomic E-state index is -3.46. The number of sulfonamides is 1. The van der Waals surface area contributed by atoms with Gasteiger partial charge in [0, 0.05) is 34.4 Å². The quantitative estimate of drug-likeness (QED) is 0.897. The number of hydrogen-bond donors (Lipinski definition) is 1. The van der Waals surface area contributed by atoms with E-state index in [1.54, 1.807) is 30.5 Å². The van der Waals surface area contributed by atoms with Crippen molar-refractivity contribution in [3.8, 4) is 0 Å². The van der Waals surface area contributed by atoms with E-state index in [9.17, 15) is 12.6 Å². The normalized spacial score (nSPS) is 21.7. The van der Waals surface area contributed by atoms with Crippen LogP contribution in [0, 0.1) is 0 Å². The van der Waals surface area contributed by atoms with E-state index in [0.717, 1.165) is 0 Å². The monoisotopic (exact) mass is 300 g/mol. The number of fused-ring (bicyclic) bond motifs is 1. The van der Waals surface area contributed by atoms with Crippen LogP contribution in [0.4, 0.5) is 0 Å². The summed E-state index contributed by atoms with van der Waals surface area (Å²) in [5.41, 5.74) is 0.604. The van der Waals surface area contributed by atoms with Crippen LogP contribution in [0.1, 0.15) is 18.9 Å². The van der Waals surface area contributed by atoms with Gasteiger partial charge in [-0.15, -0.1) is 0 Å². The minimum absolute atomic E-state index is 0.0533. The molecule has 1 heterocycles. The smallest absolute Gasteiger partial charge is 0.263 e. The molecule has 2 atom stereocenters. The van der Waals surface area contributed by atoms with Gasteiger partial charge >= 0.3 is 0 Å². The molecule has 0 aliphatic carbocycles. The highest BCUT2D eigenvalue weighted by molar-refractivity contribution is 7.90. The summed E-state index contributed by atoms with van der Waals surface area (Å²) in [5, 5.41) is 0.0533. The zero-order chi connectivity index (χ0) is 14.0. The number of amidine groups is 1. The summed E-state index contributed by atoms with van der Waals surface area (Å²) >= 11 is 0. The molecule has 2 rings (SSSR count). The number of nitrogens with zero attached hydrogens (tertiary/aromatic N) is 1. The predicted octanol–water partition coefficient (Wildman–Crippen LogP) is 0.882. The zero-order valence-corrected chi connectivity index (χ0v) is 12.4. The van der Waals surface area contributed by atoms with Crippen LogP contribution in [-0.2, 0) is 20.8 Å². The molecule has 1 N–H and O–H groups in total. The fourth-order valence-electron chi connectivity index (χ4n) is 1.78. The highest BCUT2D eigenvalue weighted by Gasteiger charge is 2.29. The maximum Gasteiger partial charge on any atom is 0.263 e. The Hall–Kier alpha value is -1.21. The maximum absolute atomic E-state index is 11.8. The topological polar surface area (TPSA) is 75.6 Å². The molecule has 7 heteroatoms. The Morgan fingerprint density at radius 3 is 2.74 bits per heavy atom. The summed E-state index contributed by atoms with van der Waals surface area (Å²) < 4.78 is 37.3. The molecule has 0 amide bonds. The Morgan fingerprint density at radius 1 is 1.37 bits per heavy atom. The van der Waals surface area contributed by atoms with Crippen LogP contribution in [0.2, 0.25) is 0 Å². The molecular weight excluding hydrogens is 284 g/mol. The van der Waals surface area contributed by atoms with Crippen LogP contribution in [-0.4, -0.2) is 36.5 Å². The Balaban J connectivity index is 2.18. The standard InChI is InChI=1S/C12H16N2O3S2/c1-9(18(2)15)7-8-13-12-10-5-3-4-6-11(10)19(16,17)14-12/h3-6,9H,7-8H2,1-2H3,(H,13,14). The Morgan fingerprint density at radius 2 is 2.05 bits per heavy atom. The van der Waals surface area contributed by atoms with E-state index in [1.165, 1.54) is 0 Å². The third-order valence-electron chi connectivity index (χ3n) is 3.03. The van der Waals surface area contributed by atoms with Crippen molar-refractivity contribution in [1.29, 1.82) is 0 Å². The van der Waals surface area contributed by atoms with Crippen molar-refractivity contribution in [3.63, 3.8) is 0 Å². The minimum Gasteiger partial charge on any atom is -0.267 e. The average Bonchev–Trinajstić information content (AvgIpc) is 2.62. The van der Waals surface area contributed by atoms with Gasteiger partial charge in [-0.1, -0.05) is 19.1 Å². The average molecular weight is 300 g/mol. The van der Waals surface area contributed by atoms with Crippen LogP contribution < -0.4 is 4.72 Å². The van der Waals surface area contributed by atoms with Gasteiger partial charge < -0.3 is 0 Å². The lowest BCUT2D eigenvalue weighted by Gasteiger charge is -2.05. The first-order valence-electron chi connectivity index (χ1n) is 5.90. The molecule has 19 heavy (non-hydrogen) atoms. The second-order valence-electron chi connectivity index (χ2n) is 4.43. The van der Waals surface area contributed by atoms with E-state index in [2.05, 4.69) is 9.71 Å². The van der Waals surface area contributed by atoms with Gasteiger partial charge in [0.15, 0.2) is 0 Å². The van der Waals surface area contributed by atoms with Gasteiger partial charge in [-0.3, -0.25) is 13.9 Å². The first-order chi connectivity index (χ1) is 8.92. The number of hydrogen-bond acceptors (Lipinski definition) is 4. The van der Waals surface area contributed by atoms with E-state index in [1.807, 2.05) is 6.92 Å². The molecule has 1 aliphatic rings. The first-order valence-corrected chi connectivity index (χ1v) is 9.01. The molecule has 1 aromatic carbocycles. The van der Waals surface area contributed by atoms with Gasteiger partial charge in [0.05, 0.1) is 4.90 Å². The summed E-state index contributed by atoms with van der Waals surface area (Å²) in [6, 6.07) is 6.75. The number of rotatable bonds is 4. The fourth-order valence-corrected chi connectivity index (χ4v) is 3.46. The lowest BCUT2D eigenvalue weighted by Crippen LogP contribution is -2.22. The van der Waals surface area contributed by atoms with Crippen LogP contribution >= 0.6 is 0 Å². The van der Waals surface area contributed by atoms with Crippen molar-refractivity contribution in [2.75, 3.05) is 12.8 Å². The van der Waals surface area contributed by atoms with Crippen molar-refractivity contribution in [2.24, 2.45) is 4.99 Å². The van der Waals surface area contributed by atoms with Gasteiger partial charge in [-0.05, 0) is 18.6 Å². The molecule has 0 aromatic heterocycles. The number of benzene rings is 1. The largest absolute Gasteiger partial charge is 0.267 e. The molecular formula is C12H16N2O3S2. The van der Waals surface area contributed by atoms with Crippen molar-refractivity contribution >= 4 is 26.7 Å². The zero-order valence-electron chi connectivity index (χ0n) is 10.8. The van der Waals surface area contributed by atoms with E-state index >= 15 is 0 Å². The van der Waals surface area contributed by atoms with Crippen LogP contribution in [0.3, 0.4) is 0 Å². The van der Waals surface area contributed by atoms with Crippen molar-refractivity contribution < 1.29 is 12.6 Å². The van der Waals surface area contributed by atoms with E-state index in [0.29, 0.717) is 24.4 Å². The summed E-state index contributed by atoms with van der Waals surface area (Å²) in [6.07, 6.45) is 2.32. The van der Waals surface area contributed by atoms with Gasteiger partial charge in [0.1, 0.15) is 5.84 Å². The van der Waals surface area contributed by atoms with Gasteiger partial charge in [-0.25, -0.2) is 8.42 Å². The van der Waals surface area contributed by atoms with E-state index in [4.69, 9.17) is 0 Å². The van der Waals surface area contributed by atoms with E-state index < -0.39 is 20.8 Å². The Bertz CT molecular complexity index is 638. The first kappa shape index (κ1) is 14.2.